The molecule has 0 radical (unpaired) electrons. The van der Waals surface area contributed by atoms with Crippen LogP contribution in [0.25, 0.3) is 0 Å². The van der Waals surface area contributed by atoms with Crippen LogP contribution >= 0.6 is 0 Å². The summed E-state index contributed by atoms with van der Waals surface area (Å²) in [6.07, 6.45) is 1.29. The lowest BCUT2D eigenvalue weighted by atomic mass is 9.82. The Labute approximate surface area is 84.3 Å². The van der Waals surface area contributed by atoms with Gasteiger partial charge in [0.15, 0.2) is 0 Å². The van der Waals surface area contributed by atoms with Crippen LogP contribution in [0.1, 0.15) is 48.0 Å². The second kappa shape index (κ2) is 5.64. The summed E-state index contributed by atoms with van der Waals surface area (Å²) in [7, 11) is 0. The van der Waals surface area contributed by atoms with E-state index < -0.39 is 0 Å². The molecule has 0 saturated carbocycles. The van der Waals surface area contributed by atoms with E-state index in [1.165, 1.54) is 6.42 Å². The van der Waals surface area contributed by atoms with Gasteiger partial charge in [-0.3, -0.25) is 0 Å². The monoisotopic (exact) mass is 185 g/mol. The fraction of sp³-hybridized carbons (Fsp3) is 1.00. The van der Waals surface area contributed by atoms with E-state index in [0.717, 1.165) is 24.9 Å². The first-order valence-electron chi connectivity index (χ1n) is 5.54. The van der Waals surface area contributed by atoms with Crippen molar-refractivity contribution in [2.75, 3.05) is 13.1 Å². The maximum Gasteiger partial charge on any atom is -0.00182 e. The Morgan fingerprint density at radius 2 is 1.62 bits per heavy atom. The Kier molecular flexibility index (Phi) is 5.62. The van der Waals surface area contributed by atoms with E-state index >= 15 is 0 Å². The standard InChI is InChI=1S/C12H27N/c1-10(2)7-8-13-9-11(3)12(4,5)6/h10-11,13H,7-9H2,1-6H3. The molecule has 0 amide bonds. The molecule has 1 nitrogen and oxygen atoms in total. The van der Waals surface area contributed by atoms with E-state index in [1.54, 1.807) is 0 Å². The fourth-order valence-electron chi connectivity index (χ4n) is 1.02. The quantitative estimate of drug-likeness (QED) is 0.648. The minimum atomic E-state index is 0.435. The molecule has 1 heteroatoms. The van der Waals surface area contributed by atoms with Gasteiger partial charge in [-0.05, 0) is 36.8 Å². The first-order valence-corrected chi connectivity index (χ1v) is 5.54. The summed E-state index contributed by atoms with van der Waals surface area (Å²) in [5.74, 6) is 1.57. The van der Waals surface area contributed by atoms with E-state index in [1.807, 2.05) is 0 Å². The van der Waals surface area contributed by atoms with E-state index in [9.17, 15) is 0 Å². The lowest BCUT2D eigenvalue weighted by Crippen LogP contribution is -2.30. The molecule has 0 heterocycles. The third-order valence-corrected chi connectivity index (χ3v) is 2.83. The first-order chi connectivity index (χ1) is 5.84. The van der Waals surface area contributed by atoms with Crippen molar-refractivity contribution in [3.63, 3.8) is 0 Å². The predicted molar refractivity (Wildman–Crippen MR) is 60.9 cm³/mol. The minimum absolute atomic E-state index is 0.435. The smallest absolute Gasteiger partial charge is 0.00182 e. The maximum atomic E-state index is 3.52. The van der Waals surface area contributed by atoms with Gasteiger partial charge in [0.25, 0.3) is 0 Å². The maximum absolute atomic E-state index is 3.52. The van der Waals surface area contributed by atoms with Gasteiger partial charge in [0, 0.05) is 0 Å². The molecule has 80 valence electrons. The molecule has 0 bridgehead atoms. The van der Waals surface area contributed by atoms with E-state index in [0.29, 0.717) is 5.41 Å². The molecule has 0 rings (SSSR count). The van der Waals surface area contributed by atoms with Gasteiger partial charge >= 0.3 is 0 Å². The number of hydrogen-bond acceptors (Lipinski definition) is 1. The molecule has 0 spiro atoms. The van der Waals surface area contributed by atoms with Gasteiger partial charge < -0.3 is 5.32 Å². The molecule has 0 aromatic heterocycles. The average molecular weight is 185 g/mol. The number of nitrogens with one attached hydrogen (secondary N) is 1. The zero-order valence-corrected chi connectivity index (χ0v) is 10.3. The summed E-state index contributed by atoms with van der Waals surface area (Å²) in [4.78, 5) is 0. The molecule has 0 aliphatic carbocycles. The number of hydrogen-bond donors (Lipinski definition) is 1. The van der Waals surface area contributed by atoms with Crippen LogP contribution in [0.15, 0.2) is 0 Å². The van der Waals surface area contributed by atoms with Crippen LogP contribution in [-0.4, -0.2) is 13.1 Å². The molecule has 0 fully saturated rings. The largest absolute Gasteiger partial charge is 0.316 e. The van der Waals surface area contributed by atoms with Crippen LogP contribution in [0, 0.1) is 17.3 Å². The van der Waals surface area contributed by atoms with Crippen molar-refractivity contribution in [3.05, 3.63) is 0 Å². The Balaban J connectivity index is 3.43. The van der Waals surface area contributed by atoms with Gasteiger partial charge in [0.05, 0.1) is 0 Å². The van der Waals surface area contributed by atoms with Crippen molar-refractivity contribution >= 4 is 0 Å². The highest BCUT2D eigenvalue weighted by Crippen LogP contribution is 2.24. The van der Waals surface area contributed by atoms with Crippen molar-refractivity contribution < 1.29 is 0 Å². The molecular formula is C12H27N. The molecular weight excluding hydrogens is 158 g/mol. The Hall–Kier alpha value is -0.0400. The lowest BCUT2D eigenvalue weighted by Gasteiger charge is -2.27. The Morgan fingerprint density at radius 1 is 1.08 bits per heavy atom. The topological polar surface area (TPSA) is 12.0 Å². The number of rotatable bonds is 5. The van der Waals surface area contributed by atoms with Crippen molar-refractivity contribution in [2.45, 2.75) is 48.0 Å². The minimum Gasteiger partial charge on any atom is -0.316 e. The predicted octanol–water partition coefficient (Wildman–Crippen LogP) is 3.30. The molecule has 1 unspecified atom stereocenters. The van der Waals surface area contributed by atoms with Gasteiger partial charge in [0.2, 0.25) is 0 Å². The van der Waals surface area contributed by atoms with Crippen molar-refractivity contribution in [2.24, 2.45) is 17.3 Å². The van der Waals surface area contributed by atoms with Crippen LogP contribution in [0.3, 0.4) is 0 Å². The molecule has 0 aromatic rings. The Bertz CT molecular complexity index is 122. The van der Waals surface area contributed by atoms with Crippen molar-refractivity contribution in [1.82, 2.24) is 5.32 Å². The van der Waals surface area contributed by atoms with E-state index in [-0.39, 0.29) is 0 Å². The summed E-state index contributed by atoms with van der Waals surface area (Å²) in [6.45, 7) is 16.1. The van der Waals surface area contributed by atoms with Crippen LogP contribution in [0.5, 0.6) is 0 Å². The fourth-order valence-corrected chi connectivity index (χ4v) is 1.02. The second-order valence-corrected chi connectivity index (χ2v) is 5.65. The van der Waals surface area contributed by atoms with Crippen LogP contribution in [0.4, 0.5) is 0 Å². The molecule has 1 N–H and O–H groups in total. The normalized spacial score (nSPS) is 15.0. The summed E-state index contributed by atoms with van der Waals surface area (Å²) in [5.41, 5.74) is 0.435. The van der Waals surface area contributed by atoms with Gasteiger partial charge in [-0.25, -0.2) is 0 Å². The van der Waals surface area contributed by atoms with Gasteiger partial charge in [-0.15, -0.1) is 0 Å². The third-order valence-electron chi connectivity index (χ3n) is 2.83. The second-order valence-electron chi connectivity index (χ2n) is 5.65. The van der Waals surface area contributed by atoms with E-state index in [4.69, 9.17) is 0 Å². The molecule has 0 aliphatic rings. The van der Waals surface area contributed by atoms with Crippen LogP contribution in [-0.2, 0) is 0 Å². The average Bonchev–Trinajstić information content (AvgIpc) is 1.95. The van der Waals surface area contributed by atoms with E-state index in [2.05, 4.69) is 46.9 Å². The molecule has 13 heavy (non-hydrogen) atoms. The summed E-state index contributed by atoms with van der Waals surface area (Å²) in [5, 5.41) is 3.52. The van der Waals surface area contributed by atoms with Gasteiger partial charge in [0.1, 0.15) is 0 Å². The highest BCUT2D eigenvalue weighted by atomic mass is 14.9. The summed E-state index contributed by atoms with van der Waals surface area (Å²) >= 11 is 0. The zero-order valence-electron chi connectivity index (χ0n) is 10.3. The van der Waals surface area contributed by atoms with Crippen molar-refractivity contribution in [3.8, 4) is 0 Å². The van der Waals surface area contributed by atoms with Gasteiger partial charge in [-0.1, -0.05) is 41.5 Å². The summed E-state index contributed by atoms with van der Waals surface area (Å²) in [6, 6.07) is 0. The third kappa shape index (κ3) is 7.06. The zero-order chi connectivity index (χ0) is 10.5. The molecule has 0 aliphatic heterocycles. The molecule has 1 atom stereocenters. The summed E-state index contributed by atoms with van der Waals surface area (Å²) < 4.78 is 0. The van der Waals surface area contributed by atoms with Gasteiger partial charge in [-0.2, -0.15) is 0 Å². The lowest BCUT2D eigenvalue weighted by molar-refractivity contribution is 0.252. The first kappa shape index (κ1) is 13.0. The van der Waals surface area contributed by atoms with Crippen molar-refractivity contribution in [1.29, 1.82) is 0 Å². The SMILES string of the molecule is CC(C)CCNCC(C)C(C)(C)C. The highest BCUT2D eigenvalue weighted by molar-refractivity contribution is 4.71. The van der Waals surface area contributed by atoms with Crippen LogP contribution < -0.4 is 5.32 Å². The molecule has 0 aromatic carbocycles. The Morgan fingerprint density at radius 3 is 2.00 bits per heavy atom. The molecule has 0 saturated heterocycles. The van der Waals surface area contributed by atoms with Crippen LogP contribution in [0.2, 0.25) is 0 Å². The highest BCUT2D eigenvalue weighted by Gasteiger charge is 2.18.